The van der Waals surface area contributed by atoms with Gasteiger partial charge in [0.2, 0.25) is 11.5 Å². The molecule has 8 heteroatoms. The van der Waals surface area contributed by atoms with Crippen LogP contribution in [0.15, 0.2) is 41.5 Å². The number of amides is 1. The molecule has 2 unspecified atom stereocenters. The van der Waals surface area contributed by atoms with Crippen LogP contribution in [0.5, 0.6) is 0 Å². The number of halogens is 2. The molecule has 0 bridgehead atoms. The Kier molecular flexibility index (Phi) is 5.21. The SMILES string of the molecule is CC(C(=O)Nc1ccc(C2CC2)cn1)N1CCC(F)(F)C(c2ccc(=O)[nH]c2)C1. The number of nitrogens with one attached hydrogen (secondary N) is 2. The Bertz CT molecular complexity index is 920. The molecule has 2 aromatic heterocycles. The zero-order valence-electron chi connectivity index (χ0n) is 16.2. The number of pyridine rings is 2. The number of carbonyl (C=O) groups excluding carboxylic acids is 1. The molecule has 29 heavy (non-hydrogen) atoms. The second kappa shape index (κ2) is 7.67. The van der Waals surface area contributed by atoms with Gasteiger partial charge in [0.25, 0.3) is 5.92 Å². The Morgan fingerprint density at radius 3 is 2.66 bits per heavy atom. The average molecular weight is 402 g/mol. The lowest BCUT2D eigenvalue weighted by molar-refractivity contribution is -0.125. The minimum absolute atomic E-state index is 0.0294. The van der Waals surface area contributed by atoms with E-state index in [0.717, 1.165) is 0 Å². The number of piperidine rings is 1. The summed E-state index contributed by atoms with van der Waals surface area (Å²) in [6.45, 7) is 1.86. The summed E-state index contributed by atoms with van der Waals surface area (Å²) in [6.07, 6.45) is 5.13. The number of rotatable bonds is 5. The molecule has 1 saturated carbocycles. The molecule has 0 aromatic carbocycles. The highest BCUT2D eigenvalue weighted by Gasteiger charge is 2.46. The zero-order valence-corrected chi connectivity index (χ0v) is 16.2. The lowest BCUT2D eigenvalue weighted by atomic mass is 9.87. The maximum atomic E-state index is 14.5. The molecule has 1 saturated heterocycles. The van der Waals surface area contributed by atoms with E-state index < -0.39 is 17.9 Å². The normalized spacial score (nSPS) is 22.8. The van der Waals surface area contributed by atoms with Crippen LogP contribution in [0.4, 0.5) is 14.6 Å². The minimum Gasteiger partial charge on any atom is -0.329 e. The molecule has 2 aromatic rings. The number of alkyl halides is 2. The number of likely N-dealkylation sites (tertiary alicyclic amines) is 1. The third kappa shape index (κ3) is 4.37. The van der Waals surface area contributed by atoms with Crippen LogP contribution in [0.1, 0.15) is 49.1 Å². The monoisotopic (exact) mass is 402 g/mol. The Morgan fingerprint density at radius 2 is 2.03 bits per heavy atom. The Morgan fingerprint density at radius 1 is 1.28 bits per heavy atom. The quantitative estimate of drug-likeness (QED) is 0.806. The van der Waals surface area contributed by atoms with E-state index in [-0.39, 0.29) is 31.0 Å². The van der Waals surface area contributed by atoms with Crippen LogP contribution in [0.25, 0.3) is 0 Å². The zero-order chi connectivity index (χ0) is 20.6. The molecule has 1 aliphatic heterocycles. The van der Waals surface area contributed by atoms with Crippen molar-refractivity contribution in [3.05, 3.63) is 58.1 Å². The van der Waals surface area contributed by atoms with Gasteiger partial charge in [-0.3, -0.25) is 14.5 Å². The van der Waals surface area contributed by atoms with E-state index in [9.17, 15) is 18.4 Å². The number of anilines is 1. The van der Waals surface area contributed by atoms with E-state index in [2.05, 4.69) is 15.3 Å². The Hall–Kier alpha value is -2.61. The maximum absolute atomic E-state index is 14.5. The first-order valence-electron chi connectivity index (χ1n) is 9.91. The van der Waals surface area contributed by atoms with Crippen LogP contribution < -0.4 is 10.9 Å². The predicted octanol–water partition coefficient (Wildman–Crippen LogP) is 3.10. The van der Waals surface area contributed by atoms with Crippen LogP contribution in [0.3, 0.4) is 0 Å². The number of aromatic amines is 1. The van der Waals surface area contributed by atoms with Crippen molar-refractivity contribution in [2.45, 2.75) is 50.0 Å². The van der Waals surface area contributed by atoms with E-state index in [1.165, 1.54) is 36.7 Å². The van der Waals surface area contributed by atoms with Crippen LogP contribution in [0, 0.1) is 0 Å². The highest BCUT2D eigenvalue weighted by atomic mass is 19.3. The van der Waals surface area contributed by atoms with Gasteiger partial charge >= 0.3 is 0 Å². The summed E-state index contributed by atoms with van der Waals surface area (Å²) in [4.78, 5) is 32.4. The first kappa shape index (κ1) is 19.7. The van der Waals surface area contributed by atoms with Gasteiger partial charge < -0.3 is 10.3 Å². The number of hydrogen-bond acceptors (Lipinski definition) is 4. The van der Waals surface area contributed by atoms with Gasteiger partial charge in [-0.1, -0.05) is 12.1 Å². The summed E-state index contributed by atoms with van der Waals surface area (Å²) in [5.41, 5.74) is 1.21. The molecular formula is C21H24F2N4O2. The van der Waals surface area contributed by atoms with Gasteiger partial charge in [0, 0.05) is 38.0 Å². The second-order valence-electron chi connectivity index (χ2n) is 7.96. The molecule has 154 valence electrons. The summed E-state index contributed by atoms with van der Waals surface area (Å²) in [6, 6.07) is 5.85. The number of nitrogens with zero attached hydrogens (tertiary/aromatic N) is 2. The van der Waals surface area contributed by atoms with Gasteiger partial charge in [-0.15, -0.1) is 0 Å². The van der Waals surface area contributed by atoms with Crippen molar-refractivity contribution in [3.8, 4) is 0 Å². The summed E-state index contributed by atoms with van der Waals surface area (Å²) < 4.78 is 29.0. The lowest BCUT2D eigenvalue weighted by Gasteiger charge is -2.40. The van der Waals surface area contributed by atoms with Crippen LogP contribution in [0.2, 0.25) is 0 Å². The highest BCUT2D eigenvalue weighted by molar-refractivity contribution is 5.93. The van der Waals surface area contributed by atoms with Gasteiger partial charge in [-0.25, -0.2) is 13.8 Å². The van der Waals surface area contributed by atoms with E-state index in [0.29, 0.717) is 17.3 Å². The molecule has 3 heterocycles. The van der Waals surface area contributed by atoms with Crippen LogP contribution in [-0.2, 0) is 4.79 Å². The first-order chi connectivity index (χ1) is 13.8. The Balaban J connectivity index is 1.43. The summed E-state index contributed by atoms with van der Waals surface area (Å²) in [5.74, 6) is -3.20. The van der Waals surface area contributed by atoms with Crippen LogP contribution in [-0.4, -0.2) is 45.8 Å². The molecule has 1 amide bonds. The van der Waals surface area contributed by atoms with Crippen molar-refractivity contribution >= 4 is 11.7 Å². The molecule has 6 nitrogen and oxygen atoms in total. The van der Waals surface area contributed by atoms with E-state index in [1.54, 1.807) is 24.1 Å². The summed E-state index contributed by atoms with van der Waals surface area (Å²) in [7, 11) is 0. The smallest absolute Gasteiger partial charge is 0.257 e. The number of H-pyrrole nitrogens is 1. The fourth-order valence-corrected chi connectivity index (χ4v) is 3.80. The Labute approximate surface area is 167 Å². The van der Waals surface area contributed by atoms with Crippen molar-refractivity contribution < 1.29 is 13.6 Å². The lowest BCUT2D eigenvalue weighted by Crippen LogP contribution is -2.52. The van der Waals surface area contributed by atoms with E-state index >= 15 is 0 Å². The molecular weight excluding hydrogens is 378 g/mol. The third-order valence-corrected chi connectivity index (χ3v) is 5.88. The first-order valence-corrected chi connectivity index (χ1v) is 9.91. The molecule has 2 N–H and O–H groups in total. The van der Waals surface area contributed by atoms with Gasteiger partial charge in [0.15, 0.2) is 0 Å². The minimum atomic E-state index is -2.90. The van der Waals surface area contributed by atoms with Gasteiger partial charge in [0.1, 0.15) is 5.82 Å². The van der Waals surface area contributed by atoms with Crippen molar-refractivity contribution in [3.63, 3.8) is 0 Å². The molecule has 2 fully saturated rings. The van der Waals surface area contributed by atoms with Gasteiger partial charge in [-0.2, -0.15) is 0 Å². The predicted molar refractivity (Wildman–Crippen MR) is 105 cm³/mol. The van der Waals surface area contributed by atoms with E-state index in [1.807, 2.05) is 6.07 Å². The summed E-state index contributed by atoms with van der Waals surface area (Å²) in [5, 5.41) is 2.78. The molecule has 0 spiro atoms. The molecule has 1 aliphatic carbocycles. The number of aromatic nitrogens is 2. The van der Waals surface area contributed by atoms with Crippen molar-refractivity contribution in [2.24, 2.45) is 0 Å². The molecule has 0 radical (unpaired) electrons. The molecule has 2 atom stereocenters. The number of hydrogen-bond donors (Lipinski definition) is 2. The van der Waals surface area contributed by atoms with Crippen LogP contribution >= 0.6 is 0 Å². The third-order valence-electron chi connectivity index (χ3n) is 5.88. The average Bonchev–Trinajstić information content (AvgIpc) is 3.54. The van der Waals surface area contributed by atoms with Crippen molar-refractivity contribution in [1.82, 2.24) is 14.9 Å². The molecule has 2 aliphatic rings. The topological polar surface area (TPSA) is 78.1 Å². The number of carbonyl (C=O) groups is 1. The van der Waals surface area contributed by atoms with Crippen molar-refractivity contribution in [2.75, 3.05) is 18.4 Å². The maximum Gasteiger partial charge on any atom is 0.257 e. The summed E-state index contributed by atoms with van der Waals surface area (Å²) >= 11 is 0. The fourth-order valence-electron chi connectivity index (χ4n) is 3.80. The van der Waals surface area contributed by atoms with Gasteiger partial charge in [0.05, 0.1) is 12.0 Å². The standard InChI is InChI=1S/C21H24F2N4O2/c1-13(20(29)26-18-6-4-15(10-24-18)14-2-3-14)27-9-8-21(22,23)17(12-27)16-5-7-19(28)25-11-16/h4-7,10-11,13-14,17H,2-3,8-9,12H2,1H3,(H,25,28)(H,24,26,29). The second-order valence-corrected chi connectivity index (χ2v) is 7.96. The van der Waals surface area contributed by atoms with E-state index in [4.69, 9.17) is 0 Å². The molecule has 4 rings (SSSR count). The van der Waals surface area contributed by atoms with Gasteiger partial charge in [-0.05, 0) is 42.9 Å². The fraction of sp³-hybridized carbons (Fsp3) is 0.476. The largest absolute Gasteiger partial charge is 0.329 e. The highest BCUT2D eigenvalue weighted by Crippen LogP contribution is 2.41. The van der Waals surface area contributed by atoms with Crippen molar-refractivity contribution in [1.29, 1.82) is 0 Å².